The van der Waals surface area contributed by atoms with Crippen LogP contribution in [0.15, 0.2) is 65.6 Å². The molecular formula is C19H24N2O3S. The van der Waals surface area contributed by atoms with E-state index >= 15 is 0 Å². The molecule has 25 heavy (non-hydrogen) atoms. The zero-order valence-electron chi connectivity index (χ0n) is 14.5. The van der Waals surface area contributed by atoms with Gasteiger partial charge < -0.3 is 5.32 Å². The molecule has 1 amide bonds. The van der Waals surface area contributed by atoms with E-state index in [0.29, 0.717) is 6.54 Å². The summed E-state index contributed by atoms with van der Waals surface area (Å²) in [6.07, 6.45) is 0.883. The summed E-state index contributed by atoms with van der Waals surface area (Å²) in [6, 6.07) is 17.1. The van der Waals surface area contributed by atoms with Crippen LogP contribution in [0.25, 0.3) is 0 Å². The van der Waals surface area contributed by atoms with Crippen LogP contribution in [0, 0.1) is 0 Å². The average molecular weight is 360 g/mol. The van der Waals surface area contributed by atoms with E-state index in [9.17, 15) is 13.2 Å². The smallest absolute Gasteiger partial charge is 0.241 e. The summed E-state index contributed by atoms with van der Waals surface area (Å²) < 4.78 is 27.0. The Morgan fingerprint density at radius 3 is 2.12 bits per heavy atom. The number of amides is 1. The number of nitrogens with one attached hydrogen (secondary N) is 2. The fraction of sp³-hybridized carbons (Fsp3) is 0.316. The molecule has 0 spiro atoms. The van der Waals surface area contributed by atoms with Crippen molar-refractivity contribution in [3.05, 3.63) is 66.2 Å². The quantitative estimate of drug-likeness (QED) is 0.760. The lowest BCUT2D eigenvalue weighted by atomic mass is 9.96. The molecule has 0 radical (unpaired) electrons. The Kier molecular flexibility index (Phi) is 6.73. The van der Waals surface area contributed by atoms with Crippen molar-refractivity contribution in [1.29, 1.82) is 0 Å². The first-order chi connectivity index (χ1) is 11.9. The van der Waals surface area contributed by atoms with Crippen molar-refractivity contribution < 1.29 is 13.2 Å². The molecule has 0 saturated heterocycles. The number of hydrogen-bond donors (Lipinski definition) is 2. The highest BCUT2D eigenvalue weighted by Crippen LogP contribution is 2.18. The van der Waals surface area contributed by atoms with Crippen molar-refractivity contribution in [2.75, 3.05) is 6.54 Å². The van der Waals surface area contributed by atoms with Crippen molar-refractivity contribution in [1.82, 2.24) is 10.0 Å². The Morgan fingerprint density at radius 2 is 1.56 bits per heavy atom. The zero-order chi connectivity index (χ0) is 18.3. The lowest BCUT2D eigenvalue weighted by Crippen LogP contribution is -2.45. The van der Waals surface area contributed by atoms with Crippen LogP contribution in [-0.4, -0.2) is 26.9 Å². The second kappa shape index (κ2) is 8.78. The molecule has 0 saturated carbocycles. The van der Waals surface area contributed by atoms with Crippen LogP contribution in [-0.2, 0) is 14.8 Å². The second-order valence-electron chi connectivity index (χ2n) is 5.92. The summed E-state index contributed by atoms with van der Waals surface area (Å²) in [5.74, 6) is -0.142. The molecule has 0 aromatic heterocycles. The molecule has 2 aromatic carbocycles. The van der Waals surface area contributed by atoms with Crippen LogP contribution in [0.5, 0.6) is 0 Å². The van der Waals surface area contributed by atoms with Gasteiger partial charge >= 0.3 is 0 Å². The van der Waals surface area contributed by atoms with Crippen molar-refractivity contribution in [2.24, 2.45) is 0 Å². The molecule has 2 rings (SSSR count). The van der Waals surface area contributed by atoms with E-state index in [1.54, 1.807) is 25.1 Å². The Morgan fingerprint density at radius 1 is 1.00 bits per heavy atom. The third kappa shape index (κ3) is 5.41. The number of sulfonamides is 1. The van der Waals surface area contributed by atoms with Gasteiger partial charge in [0.2, 0.25) is 15.9 Å². The monoisotopic (exact) mass is 360 g/mol. The number of rotatable bonds is 8. The van der Waals surface area contributed by atoms with Gasteiger partial charge in [-0.3, -0.25) is 4.79 Å². The molecule has 0 unspecified atom stereocenters. The van der Waals surface area contributed by atoms with E-state index in [0.717, 1.165) is 12.0 Å². The first kappa shape index (κ1) is 19.1. The minimum absolute atomic E-state index is 0.144. The third-order valence-electron chi connectivity index (χ3n) is 4.07. The van der Waals surface area contributed by atoms with Crippen LogP contribution in [0.4, 0.5) is 0 Å². The zero-order valence-corrected chi connectivity index (χ0v) is 15.3. The summed E-state index contributed by atoms with van der Waals surface area (Å²) in [6.45, 7) is 4.07. The van der Waals surface area contributed by atoms with Gasteiger partial charge in [-0.15, -0.1) is 0 Å². The van der Waals surface area contributed by atoms with Gasteiger partial charge in [0.1, 0.15) is 0 Å². The van der Waals surface area contributed by atoms with E-state index in [4.69, 9.17) is 0 Å². The van der Waals surface area contributed by atoms with Crippen LogP contribution in [0.2, 0.25) is 0 Å². The maximum atomic E-state index is 12.3. The van der Waals surface area contributed by atoms with Crippen LogP contribution >= 0.6 is 0 Å². The molecule has 0 heterocycles. The largest absolute Gasteiger partial charge is 0.354 e. The molecule has 0 aliphatic rings. The Bertz CT molecular complexity index is 777. The van der Waals surface area contributed by atoms with Crippen LogP contribution < -0.4 is 10.0 Å². The van der Waals surface area contributed by atoms with Gasteiger partial charge in [-0.1, -0.05) is 55.5 Å². The van der Waals surface area contributed by atoms with Gasteiger partial charge in [0.25, 0.3) is 0 Å². The van der Waals surface area contributed by atoms with E-state index < -0.39 is 16.1 Å². The van der Waals surface area contributed by atoms with Crippen LogP contribution in [0.3, 0.4) is 0 Å². The molecule has 6 heteroatoms. The molecule has 134 valence electrons. The first-order valence-corrected chi connectivity index (χ1v) is 9.82. The predicted octanol–water partition coefficient (Wildman–Crippen LogP) is 2.66. The Hall–Kier alpha value is -2.18. The minimum Gasteiger partial charge on any atom is -0.354 e. The number of hydrogen-bond acceptors (Lipinski definition) is 3. The van der Waals surface area contributed by atoms with Gasteiger partial charge in [0.15, 0.2) is 0 Å². The van der Waals surface area contributed by atoms with E-state index in [2.05, 4.69) is 17.0 Å². The SMILES string of the molecule is CC[C@H](CNC(=O)[C@@H](C)NS(=O)(=O)c1ccccc1)c1ccccc1. The van der Waals surface area contributed by atoms with E-state index in [1.165, 1.54) is 12.1 Å². The summed E-state index contributed by atoms with van der Waals surface area (Å²) >= 11 is 0. The minimum atomic E-state index is -3.71. The van der Waals surface area contributed by atoms with E-state index in [1.807, 2.05) is 30.3 Å². The van der Waals surface area contributed by atoms with Gasteiger partial charge in [-0.25, -0.2) is 8.42 Å². The van der Waals surface area contributed by atoms with Gasteiger partial charge in [0, 0.05) is 12.5 Å². The average Bonchev–Trinajstić information content (AvgIpc) is 2.63. The normalized spacial score (nSPS) is 13.8. The second-order valence-corrected chi connectivity index (χ2v) is 7.63. The fourth-order valence-corrected chi connectivity index (χ4v) is 3.78. The van der Waals surface area contributed by atoms with E-state index in [-0.39, 0.29) is 16.7 Å². The molecule has 0 fully saturated rings. The maximum absolute atomic E-state index is 12.3. The lowest BCUT2D eigenvalue weighted by Gasteiger charge is -2.19. The predicted molar refractivity (Wildman–Crippen MR) is 98.7 cm³/mol. The molecule has 0 aliphatic carbocycles. The highest BCUT2D eigenvalue weighted by Gasteiger charge is 2.22. The maximum Gasteiger partial charge on any atom is 0.241 e. The summed E-state index contributed by atoms with van der Waals surface area (Å²) in [5, 5.41) is 2.84. The Balaban J connectivity index is 1.94. The standard InChI is InChI=1S/C19H24N2O3S/c1-3-16(17-10-6-4-7-11-17)14-20-19(22)15(2)21-25(23,24)18-12-8-5-9-13-18/h4-13,15-16,21H,3,14H2,1-2H3,(H,20,22)/t15-,16-/m1/s1. The van der Waals surface area contributed by atoms with Crippen LogP contribution in [0.1, 0.15) is 31.7 Å². The fourth-order valence-electron chi connectivity index (χ4n) is 2.55. The molecule has 0 aliphatic heterocycles. The lowest BCUT2D eigenvalue weighted by molar-refractivity contribution is -0.122. The summed E-state index contributed by atoms with van der Waals surface area (Å²) in [4.78, 5) is 12.4. The molecule has 2 N–H and O–H groups in total. The molecule has 2 aromatic rings. The first-order valence-electron chi connectivity index (χ1n) is 8.34. The van der Waals surface area contributed by atoms with Crippen molar-refractivity contribution in [2.45, 2.75) is 37.1 Å². The molecule has 2 atom stereocenters. The van der Waals surface area contributed by atoms with Gasteiger partial charge in [0.05, 0.1) is 10.9 Å². The summed E-state index contributed by atoms with van der Waals surface area (Å²) in [5.41, 5.74) is 1.16. The van der Waals surface area contributed by atoms with Gasteiger partial charge in [-0.05, 0) is 31.0 Å². The Labute approximate surface area is 149 Å². The third-order valence-corrected chi connectivity index (χ3v) is 5.62. The van der Waals surface area contributed by atoms with Crippen molar-refractivity contribution >= 4 is 15.9 Å². The number of carbonyl (C=O) groups is 1. The molecule has 0 bridgehead atoms. The number of carbonyl (C=O) groups excluding carboxylic acids is 1. The molecular weight excluding hydrogens is 336 g/mol. The highest BCUT2D eigenvalue weighted by atomic mass is 32.2. The topological polar surface area (TPSA) is 75.3 Å². The van der Waals surface area contributed by atoms with Crippen molar-refractivity contribution in [3.63, 3.8) is 0 Å². The number of benzene rings is 2. The van der Waals surface area contributed by atoms with Crippen molar-refractivity contribution in [3.8, 4) is 0 Å². The summed E-state index contributed by atoms with van der Waals surface area (Å²) in [7, 11) is -3.71. The van der Waals surface area contributed by atoms with Gasteiger partial charge in [-0.2, -0.15) is 4.72 Å². The molecule has 5 nitrogen and oxygen atoms in total. The highest BCUT2D eigenvalue weighted by molar-refractivity contribution is 7.89.